The number of hydrogen-bond acceptors (Lipinski definition) is 6. The van der Waals surface area contributed by atoms with Crippen LogP contribution in [-0.2, 0) is 30.6 Å². The summed E-state index contributed by atoms with van der Waals surface area (Å²) in [5.74, 6) is -0.904. The number of carbonyl (C=O) groups is 2. The summed E-state index contributed by atoms with van der Waals surface area (Å²) in [5.41, 5.74) is 3.61. The molecule has 8 heteroatoms. The molecule has 7 nitrogen and oxygen atoms in total. The summed E-state index contributed by atoms with van der Waals surface area (Å²) >= 11 is 0. The standard InChI is InChI=1S/C20H25NO6S/c1-12-7-17-15(10-26-18(17)8-13(12)2)9-19(22)27-14(3)20(23)21(4)16-5-6-28(24,25)11-16/h7-8,10,14,16H,5-6,9,11H2,1-4H3/t14-,16-/m1/s1. The summed E-state index contributed by atoms with van der Waals surface area (Å²) in [6.45, 7) is 5.48. The molecule has 1 fully saturated rings. The Morgan fingerprint density at radius 3 is 2.61 bits per heavy atom. The fraction of sp³-hybridized carbons (Fsp3) is 0.500. The van der Waals surface area contributed by atoms with E-state index in [1.54, 1.807) is 7.05 Å². The Morgan fingerprint density at radius 2 is 1.96 bits per heavy atom. The molecule has 1 aromatic heterocycles. The van der Waals surface area contributed by atoms with E-state index in [0.29, 0.717) is 17.6 Å². The first-order chi connectivity index (χ1) is 13.1. The van der Waals surface area contributed by atoms with Gasteiger partial charge in [0.25, 0.3) is 5.91 Å². The number of benzene rings is 1. The van der Waals surface area contributed by atoms with Gasteiger partial charge in [-0.1, -0.05) is 0 Å². The molecular weight excluding hydrogens is 382 g/mol. The SMILES string of the molecule is Cc1cc2occ(CC(=O)O[C@H](C)C(=O)N(C)[C@@H]3CCS(=O)(=O)C3)c2cc1C. The fourth-order valence-electron chi connectivity index (χ4n) is 3.47. The van der Waals surface area contributed by atoms with Gasteiger partial charge in [-0.2, -0.15) is 0 Å². The third-order valence-corrected chi connectivity index (χ3v) is 7.11. The quantitative estimate of drug-likeness (QED) is 0.705. The predicted octanol–water partition coefficient (Wildman–Crippen LogP) is 2.17. The molecule has 2 atom stereocenters. The van der Waals surface area contributed by atoms with Gasteiger partial charge in [0.1, 0.15) is 5.58 Å². The Kier molecular flexibility index (Phi) is 5.52. The average Bonchev–Trinajstić information content (AvgIpc) is 3.17. The monoisotopic (exact) mass is 407 g/mol. The van der Waals surface area contributed by atoms with Crippen molar-refractivity contribution in [3.63, 3.8) is 0 Å². The maximum atomic E-state index is 12.5. The van der Waals surface area contributed by atoms with E-state index in [9.17, 15) is 18.0 Å². The smallest absolute Gasteiger partial charge is 0.311 e. The third-order valence-electron chi connectivity index (χ3n) is 5.36. The number of carbonyl (C=O) groups excluding carboxylic acids is 2. The number of hydrogen-bond donors (Lipinski definition) is 0. The van der Waals surface area contributed by atoms with Crippen LogP contribution in [0.2, 0.25) is 0 Å². The molecule has 0 radical (unpaired) electrons. The highest BCUT2D eigenvalue weighted by atomic mass is 32.2. The number of ether oxygens (including phenoxy) is 1. The molecule has 1 aliphatic heterocycles. The highest BCUT2D eigenvalue weighted by molar-refractivity contribution is 7.91. The second-order valence-electron chi connectivity index (χ2n) is 7.51. The molecule has 0 N–H and O–H groups in total. The summed E-state index contributed by atoms with van der Waals surface area (Å²) < 4.78 is 34.0. The van der Waals surface area contributed by atoms with Gasteiger partial charge in [0.15, 0.2) is 15.9 Å². The molecule has 2 heterocycles. The van der Waals surface area contributed by atoms with Gasteiger partial charge in [0.2, 0.25) is 0 Å². The van der Waals surface area contributed by atoms with Crippen LogP contribution in [0.5, 0.6) is 0 Å². The van der Waals surface area contributed by atoms with Gasteiger partial charge >= 0.3 is 5.97 Å². The molecule has 0 spiro atoms. The summed E-state index contributed by atoms with van der Waals surface area (Å²) in [7, 11) is -1.55. The minimum Gasteiger partial charge on any atom is -0.464 e. The van der Waals surface area contributed by atoms with E-state index >= 15 is 0 Å². The van der Waals surface area contributed by atoms with Gasteiger partial charge in [0, 0.05) is 24.0 Å². The first-order valence-electron chi connectivity index (χ1n) is 9.21. The van der Waals surface area contributed by atoms with E-state index in [1.807, 2.05) is 26.0 Å². The van der Waals surface area contributed by atoms with Crippen molar-refractivity contribution in [2.45, 2.75) is 45.8 Å². The highest BCUT2D eigenvalue weighted by Crippen LogP contribution is 2.25. The van der Waals surface area contributed by atoms with Crippen molar-refractivity contribution < 1.29 is 27.2 Å². The van der Waals surface area contributed by atoms with Crippen molar-refractivity contribution in [3.8, 4) is 0 Å². The van der Waals surface area contributed by atoms with Gasteiger partial charge in [0.05, 0.1) is 24.2 Å². The first kappa shape index (κ1) is 20.4. The van der Waals surface area contributed by atoms with Crippen molar-refractivity contribution in [2.24, 2.45) is 0 Å². The summed E-state index contributed by atoms with van der Waals surface area (Å²) in [6, 6.07) is 3.53. The molecule has 1 amide bonds. The molecular formula is C20H25NO6S. The molecule has 3 rings (SSSR count). The molecule has 0 bridgehead atoms. The van der Waals surface area contributed by atoms with Crippen LogP contribution in [0, 0.1) is 13.8 Å². The average molecular weight is 407 g/mol. The van der Waals surface area contributed by atoms with Crippen molar-refractivity contribution >= 4 is 32.7 Å². The zero-order valence-electron chi connectivity index (χ0n) is 16.5. The number of amides is 1. The lowest BCUT2D eigenvalue weighted by atomic mass is 10.0. The lowest BCUT2D eigenvalue weighted by molar-refractivity contribution is -0.158. The van der Waals surface area contributed by atoms with Gasteiger partial charge in [-0.05, 0) is 50.5 Å². The van der Waals surface area contributed by atoms with E-state index in [0.717, 1.165) is 16.5 Å². The molecule has 0 aliphatic carbocycles. The number of fused-ring (bicyclic) bond motifs is 1. The van der Waals surface area contributed by atoms with E-state index in [1.165, 1.54) is 18.1 Å². The lowest BCUT2D eigenvalue weighted by Crippen LogP contribution is -2.44. The molecule has 1 saturated heterocycles. The predicted molar refractivity (Wildman–Crippen MR) is 105 cm³/mol. The van der Waals surface area contributed by atoms with Crippen LogP contribution in [0.3, 0.4) is 0 Å². The van der Waals surface area contributed by atoms with Gasteiger partial charge < -0.3 is 14.1 Å². The summed E-state index contributed by atoms with van der Waals surface area (Å²) in [4.78, 5) is 26.2. The molecule has 2 aromatic rings. The molecule has 0 unspecified atom stereocenters. The molecule has 1 aromatic carbocycles. The van der Waals surface area contributed by atoms with Crippen LogP contribution >= 0.6 is 0 Å². The van der Waals surface area contributed by atoms with Crippen molar-refractivity contribution in [1.29, 1.82) is 0 Å². The van der Waals surface area contributed by atoms with Crippen LogP contribution in [0.15, 0.2) is 22.8 Å². The first-order valence-corrected chi connectivity index (χ1v) is 11.0. The number of esters is 1. The van der Waals surface area contributed by atoms with Crippen molar-refractivity contribution in [3.05, 3.63) is 35.1 Å². The maximum Gasteiger partial charge on any atom is 0.311 e. The van der Waals surface area contributed by atoms with Gasteiger partial charge in [-0.15, -0.1) is 0 Å². The Labute approximate surface area is 164 Å². The number of rotatable bonds is 5. The van der Waals surface area contributed by atoms with E-state index in [2.05, 4.69) is 0 Å². The van der Waals surface area contributed by atoms with Crippen LogP contribution in [0.25, 0.3) is 11.0 Å². The summed E-state index contributed by atoms with van der Waals surface area (Å²) in [6.07, 6.45) is 0.954. The number of furan rings is 1. The Balaban J connectivity index is 1.63. The van der Waals surface area contributed by atoms with Crippen LogP contribution in [-0.4, -0.2) is 55.9 Å². The highest BCUT2D eigenvalue weighted by Gasteiger charge is 2.35. The maximum absolute atomic E-state index is 12.5. The minimum atomic E-state index is -3.10. The molecule has 0 saturated carbocycles. The van der Waals surface area contributed by atoms with E-state index in [4.69, 9.17) is 9.15 Å². The second-order valence-corrected chi connectivity index (χ2v) is 9.74. The normalized spacial score (nSPS) is 19.5. The summed E-state index contributed by atoms with van der Waals surface area (Å²) in [5, 5.41) is 0.854. The molecule has 152 valence electrons. The third kappa shape index (κ3) is 4.22. The number of aryl methyl sites for hydroxylation is 2. The van der Waals surface area contributed by atoms with Gasteiger partial charge in [-0.3, -0.25) is 9.59 Å². The van der Waals surface area contributed by atoms with Crippen LogP contribution < -0.4 is 0 Å². The number of sulfone groups is 1. The fourth-order valence-corrected chi connectivity index (χ4v) is 5.24. The van der Waals surface area contributed by atoms with E-state index < -0.39 is 27.8 Å². The lowest BCUT2D eigenvalue weighted by Gasteiger charge is -2.26. The van der Waals surface area contributed by atoms with Crippen molar-refractivity contribution in [2.75, 3.05) is 18.6 Å². The number of nitrogens with zero attached hydrogens (tertiary/aromatic N) is 1. The second kappa shape index (κ2) is 7.58. The molecule has 28 heavy (non-hydrogen) atoms. The Bertz CT molecular complexity index is 1020. The Morgan fingerprint density at radius 1 is 1.29 bits per heavy atom. The van der Waals surface area contributed by atoms with E-state index in [-0.39, 0.29) is 24.0 Å². The van der Waals surface area contributed by atoms with Crippen molar-refractivity contribution in [1.82, 2.24) is 4.90 Å². The topological polar surface area (TPSA) is 93.9 Å². The van der Waals surface area contributed by atoms with Crippen LogP contribution in [0.4, 0.5) is 0 Å². The Hall–Kier alpha value is -2.35. The van der Waals surface area contributed by atoms with Gasteiger partial charge in [-0.25, -0.2) is 8.42 Å². The largest absolute Gasteiger partial charge is 0.464 e. The van der Waals surface area contributed by atoms with Crippen LogP contribution in [0.1, 0.15) is 30.0 Å². The zero-order valence-corrected chi connectivity index (χ0v) is 17.3. The number of likely N-dealkylation sites (N-methyl/N-ethyl adjacent to an activating group) is 1. The zero-order chi connectivity index (χ0) is 20.6. The molecule has 1 aliphatic rings. The minimum absolute atomic E-state index is 0.00531.